The van der Waals surface area contributed by atoms with Gasteiger partial charge in [-0.1, -0.05) is 121 Å². The summed E-state index contributed by atoms with van der Waals surface area (Å²) in [4.78, 5) is 0. The molecule has 7 aromatic rings. The van der Waals surface area contributed by atoms with Crippen LogP contribution in [0.5, 0.6) is 0 Å². The van der Waals surface area contributed by atoms with Crippen LogP contribution in [0.2, 0.25) is 0 Å². The lowest BCUT2D eigenvalue weighted by Gasteiger charge is -2.17. The van der Waals surface area contributed by atoms with E-state index in [0.29, 0.717) is 0 Å². The van der Waals surface area contributed by atoms with Crippen LogP contribution in [-0.2, 0) is 0 Å². The van der Waals surface area contributed by atoms with Gasteiger partial charge >= 0.3 is 0 Å². The fourth-order valence-electron chi connectivity index (χ4n) is 5.42. The van der Waals surface area contributed by atoms with Crippen LogP contribution in [0.15, 0.2) is 133 Å². The van der Waals surface area contributed by atoms with Crippen LogP contribution in [0.3, 0.4) is 0 Å². The van der Waals surface area contributed by atoms with Crippen LogP contribution in [0, 0.1) is 0 Å². The number of rotatable bonds is 2. The Labute approximate surface area is 198 Å². The highest BCUT2D eigenvalue weighted by atomic mass is 14.2. The van der Waals surface area contributed by atoms with Gasteiger partial charge in [0.1, 0.15) is 0 Å². The molecule has 0 amide bonds. The standard InChI is InChI=1S/C34H22/c1-2-9-23(10-3-1)29-19-18-27-21-25-12-4-5-13-26(25)22-33(27)34(29)32-16-8-15-30-28-14-7-6-11-24(28)17-20-31(30)32/h1-22H. The van der Waals surface area contributed by atoms with E-state index in [2.05, 4.69) is 133 Å². The van der Waals surface area contributed by atoms with Gasteiger partial charge in [-0.15, -0.1) is 0 Å². The fourth-order valence-corrected chi connectivity index (χ4v) is 5.42. The first-order chi connectivity index (χ1) is 16.9. The Morgan fingerprint density at radius 3 is 1.82 bits per heavy atom. The lowest BCUT2D eigenvalue weighted by molar-refractivity contribution is 1.63. The van der Waals surface area contributed by atoms with Crippen molar-refractivity contribution in [3.05, 3.63) is 133 Å². The smallest absolute Gasteiger partial charge is 0.00204 e. The zero-order chi connectivity index (χ0) is 22.5. The van der Waals surface area contributed by atoms with E-state index in [1.807, 2.05) is 0 Å². The summed E-state index contributed by atoms with van der Waals surface area (Å²) in [6.07, 6.45) is 0. The maximum Gasteiger partial charge on any atom is -0.00204 e. The molecule has 0 heteroatoms. The molecular formula is C34H22. The van der Waals surface area contributed by atoms with Crippen molar-refractivity contribution < 1.29 is 0 Å². The molecule has 0 bridgehead atoms. The van der Waals surface area contributed by atoms with Gasteiger partial charge in [0, 0.05) is 0 Å². The normalized spacial score (nSPS) is 11.5. The van der Waals surface area contributed by atoms with Gasteiger partial charge in [-0.05, 0) is 77.5 Å². The molecule has 0 aliphatic heterocycles. The largest absolute Gasteiger partial charge is 0.0622 e. The van der Waals surface area contributed by atoms with Crippen LogP contribution >= 0.6 is 0 Å². The van der Waals surface area contributed by atoms with Crippen molar-refractivity contribution >= 4 is 43.1 Å². The van der Waals surface area contributed by atoms with Crippen molar-refractivity contribution in [2.45, 2.75) is 0 Å². The first-order valence-electron chi connectivity index (χ1n) is 11.8. The Morgan fingerprint density at radius 1 is 0.294 bits per heavy atom. The Hall–Kier alpha value is -4.42. The fraction of sp³-hybridized carbons (Fsp3) is 0. The van der Waals surface area contributed by atoms with Crippen LogP contribution in [0.1, 0.15) is 0 Å². The molecule has 0 atom stereocenters. The summed E-state index contributed by atoms with van der Waals surface area (Å²) in [6.45, 7) is 0. The number of hydrogen-bond acceptors (Lipinski definition) is 0. The van der Waals surface area contributed by atoms with Crippen LogP contribution in [-0.4, -0.2) is 0 Å². The quantitative estimate of drug-likeness (QED) is 0.189. The lowest BCUT2D eigenvalue weighted by atomic mass is 9.86. The van der Waals surface area contributed by atoms with Crippen molar-refractivity contribution in [2.24, 2.45) is 0 Å². The summed E-state index contributed by atoms with van der Waals surface area (Å²) < 4.78 is 0. The SMILES string of the molecule is c1ccc(-c2ccc3cc4ccccc4cc3c2-c2cccc3c2ccc2ccccc23)cc1. The van der Waals surface area contributed by atoms with E-state index in [4.69, 9.17) is 0 Å². The van der Waals surface area contributed by atoms with E-state index < -0.39 is 0 Å². The summed E-state index contributed by atoms with van der Waals surface area (Å²) in [7, 11) is 0. The molecular weight excluding hydrogens is 408 g/mol. The zero-order valence-corrected chi connectivity index (χ0v) is 18.7. The third-order valence-electron chi connectivity index (χ3n) is 7.03. The summed E-state index contributed by atoms with van der Waals surface area (Å²) in [5.41, 5.74) is 5.09. The Bertz CT molecular complexity index is 1840. The van der Waals surface area contributed by atoms with Crippen LogP contribution in [0.4, 0.5) is 0 Å². The molecule has 7 rings (SSSR count). The highest BCUT2D eigenvalue weighted by molar-refractivity contribution is 6.17. The van der Waals surface area contributed by atoms with Crippen LogP contribution < -0.4 is 0 Å². The van der Waals surface area contributed by atoms with Crippen molar-refractivity contribution in [3.63, 3.8) is 0 Å². The second kappa shape index (κ2) is 7.57. The minimum absolute atomic E-state index is 1.24. The van der Waals surface area contributed by atoms with Crippen molar-refractivity contribution in [2.75, 3.05) is 0 Å². The van der Waals surface area contributed by atoms with Gasteiger partial charge < -0.3 is 0 Å². The Balaban J connectivity index is 1.65. The number of fused-ring (bicyclic) bond motifs is 5. The molecule has 0 aliphatic rings. The highest BCUT2D eigenvalue weighted by Gasteiger charge is 2.15. The molecule has 0 nitrogen and oxygen atoms in total. The molecule has 0 heterocycles. The summed E-state index contributed by atoms with van der Waals surface area (Å²) >= 11 is 0. The minimum Gasteiger partial charge on any atom is -0.0622 e. The maximum atomic E-state index is 2.37. The number of hydrogen-bond donors (Lipinski definition) is 0. The topological polar surface area (TPSA) is 0 Å². The lowest BCUT2D eigenvalue weighted by Crippen LogP contribution is -1.90. The molecule has 0 spiro atoms. The molecule has 0 saturated carbocycles. The van der Waals surface area contributed by atoms with E-state index in [1.165, 1.54) is 65.3 Å². The van der Waals surface area contributed by atoms with Gasteiger partial charge in [-0.2, -0.15) is 0 Å². The monoisotopic (exact) mass is 430 g/mol. The molecule has 158 valence electrons. The molecule has 0 radical (unpaired) electrons. The molecule has 7 aromatic carbocycles. The number of benzene rings is 7. The molecule has 0 saturated heterocycles. The minimum atomic E-state index is 1.24. The van der Waals surface area contributed by atoms with E-state index in [1.54, 1.807) is 0 Å². The third kappa shape index (κ3) is 2.93. The first-order valence-corrected chi connectivity index (χ1v) is 11.8. The second-order valence-corrected chi connectivity index (χ2v) is 8.96. The zero-order valence-electron chi connectivity index (χ0n) is 18.7. The van der Waals surface area contributed by atoms with Crippen molar-refractivity contribution in [3.8, 4) is 22.3 Å². The van der Waals surface area contributed by atoms with Gasteiger partial charge in [0.15, 0.2) is 0 Å². The van der Waals surface area contributed by atoms with E-state index >= 15 is 0 Å². The molecule has 34 heavy (non-hydrogen) atoms. The van der Waals surface area contributed by atoms with Gasteiger partial charge in [0.25, 0.3) is 0 Å². The van der Waals surface area contributed by atoms with Crippen molar-refractivity contribution in [1.29, 1.82) is 0 Å². The Kier molecular flexibility index (Phi) is 4.25. The Morgan fingerprint density at radius 2 is 0.971 bits per heavy atom. The third-order valence-corrected chi connectivity index (χ3v) is 7.03. The second-order valence-electron chi connectivity index (χ2n) is 8.96. The summed E-state index contributed by atoms with van der Waals surface area (Å²) in [5.74, 6) is 0. The molecule has 0 fully saturated rings. The van der Waals surface area contributed by atoms with Crippen LogP contribution in [0.25, 0.3) is 65.3 Å². The molecule has 0 aliphatic carbocycles. The van der Waals surface area contributed by atoms with E-state index in [-0.39, 0.29) is 0 Å². The van der Waals surface area contributed by atoms with Gasteiger partial charge in [0.05, 0.1) is 0 Å². The summed E-state index contributed by atoms with van der Waals surface area (Å²) in [6, 6.07) is 48.6. The first kappa shape index (κ1) is 19.1. The predicted octanol–water partition coefficient (Wildman–Crippen LogP) is 9.63. The average Bonchev–Trinajstić information content (AvgIpc) is 2.91. The maximum absolute atomic E-state index is 2.37. The predicted molar refractivity (Wildman–Crippen MR) is 147 cm³/mol. The average molecular weight is 431 g/mol. The summed E-state index contributed by atoms with van der Waals surface area (Å²) in [5, 5.41) is 10.3. The highest BCUT2D eigenvalue weighted by Crippen LogP contribution is 2.43. The van der Waals surface area contributed by atoms with Gasteiger partial charge in [-0.3, -0.25) is 0 Å². The van der Waals surface area contributed by atoms with E-state index in [0.717, 1.165) is 0 Å². The molecule has 0 N–H and O–H groups in total. The van der Waals surface area contributed by atoms with Crippen molar-refractivity contribution in [1.82, 2.24) is 0 Å². The molecule has 0 unspecified atom stereocenters. The molecule has 0 aromatic heterocycles. The van der Waals surface area contributed by atoms with E-state index in [9.17, 15) is 0 Å². The van der Waals surface area contributed by atoms with Gasteiger partial charge in [0.2, 0.25) is 0 Å². The van der Waals surface area contributed by atoms with Gasteiger partial charge in [-0.25, -0.2) is 0 Å².